The van der Waals surface area contributed by atoms with Gasteiger partial charge in [0.2, 0.25) is 0 Å². The molecule has 0 bridgehead atoms. The Labute approximate surface area is 132 Å². The van der Waals surface area contributed by atoms with Crippen LogP contribution >= 0.6 is 0 Å². The Balaban J connectivity index is 2.04. The molecule has 0 atom stereocenters. The van der Waals surface area contributed by atoms with Crippen molar-refractivity contribution >= 4 is 0 Å². The van der Waals surface area contributed by atoms with Crippen molar-refractivity contribution in [3.8, 4) is 23.3 Å². The predicted octanol–water partition coefficient (Wildman–Crippen LogP) is 4.19. The van der Waals surface area contributed by atoms with E-state index in [0.717, 1.165) is 0 Å². The van der Waals surface area contributed by atoms with Gasteiger partial charge in [0.25, 0.3) is 0 Å². The van der Waals surface area contributed by atoms with Gasteiger partial charge in [-0.2, -0.15) is 0 Å². The number of rotatable bonds is 3. The predicted molar refractivity (Wildman–Crippen MR) is 78.9 cm³/mol. The van der Waals surface area contributed by atoms with Crippen molar-refractivity contribution in [1.29, 1.82) is 0 Å². The van der Waals surface area contributed by atoms with Gasteiger partial charge in [-0.1, -0.05) is 6.07 Å². The van der Waals surface area contributed by atoms with Crippen LogP contribution < -0.4 is 9.47 Å². The molecule has 0 fully saturated rings. The van der Waals surface area contributed by atoms with Gasteiger partial charge in [0.15, 0.2) is 5.60 Å². The summed E-state index contributed by atoms with van der Waals surface area (Å²) in [4.78, 5) is 4.08. The Kier molecular flexibility index (Phi) is 4.80. The van der Waals surface area contributed by atoms with Crippen LogP contribution in [-0.4, -0.2) is 16.9 Å². The van der Waals surface area contributed by atoms with E-state index in [9.17, 15) is 13.2 Å². The lowest BCUT2D eigenvalue weighted by Crippen LogP contribution is -2.26. The smallest absolute Gasteiger partial charge is 0.475 e. The molecule has 0 aliphatic carbocycles. The van der Waals surface area contributed by atoms with Crippen molar-refractivity contribution in [3.63, 3.8) is 0 Å². The maximum atomic E-state index is 12.1. The topological polar surface area (TPSA) is 31.4 Å². The number of benzene rings is 1. The molecule has 1 heterocycles. The summed E-state index contributed by atoms with van der Waals surface area (Å²) >= 11 is 0. The Morgan fingerprint density at radius 3 is 2.04 bits per heavy atom. The minimum absolute atomic E-state index is 0.303. The second kappa shape index (κ2) is 6.61. The van der Waals surface area contributed by atoms with Gasteiger partial charge in [0.1, 0.15) is 17.2 Å². The van der Waals surface area contributed by atoms with Gasteiger partial charge in [0, 0.05) is 6.20 Å². The molecule has 1 aromatic heterocycles. The number of aromatic nitrogens is 1. The molecule has 2 aromatic rings. The van der Waals surface area contributed by atoms with E-state index >= 15 is 0 Å². The first-order chi connectivity index (χ1) is 10.7. The van der Waals surface area contributed by atoms with E-state index in [2.05, 4.69) is 21.6 Å². The minimum Gasteiger partial charge on any atom is -0.475 e. The summed E-state index contributed by atoms with van der Waals surface area (Å²) < 4.78 is 45.8. The van der Waals surface area contributed by atoms with Gasteiger partial charge in [-0.05, 0) is 62.1 Å². The molecular weight excluding hydrogens is 307 g/mol. The first-order valence-electron chi connectivity index (χ1n) is 6.73. The second-order valence-electron chi connectivity index (χ2n) is 5.10. The van der Waals surface area contributed by atoms with E-state index < -0.39 is 12.0 Å². The SMILES string of the molecule is CC(C)(C#Cc1ccccn1)Oc1ccc(OC(F)(F)F)cc1. The van der Waals surface area contributed by atoms with E-state index in [1.54, 1.807) is 32.2 Å². The number of ether oxygens (including phenoxy) is 2. The Bertz CT molecular complexity index is 699. The molecule has 120 valence electrons. The van der Waals surface area contributed by atoms with Crippen LogP contribution in [0.4, 0.5) is 13.2 Å². The third-order valence-corrected chi connectivity index (χ3v) is 2.59. The lowest BCUT2D eigenvalue weighted by Gasteiger charge is -2.20. The molecule has 0 aliphatic heterocycles. The van der Waals surface area contributed by atoms with Crippen LogP contribution in [0.2, 0.25) is 0 Å². The van der Waals surface area contributed by atoms with E-state index in [-0.39, 0.29) is 5.75 Å². The summed E-state index contributed by atoms with van der Waals surface area (Å²) in [6, 6.07) is 10.5. The maximum Gasteiger partial charge on any atom is 0.573 e. The molecule has 0 saturated heterocycles. The van der Waals surface area contributed by atoms with Gasteiger partial charge < -0.3 is 9.47 Å². The summed E-state index contributed by atoms with van der Waals surface area (Å²) in [5, 5.41) is 0. The average molecular weight is 321 g/mol. The van der Waals surface area contributed by atoms with Crippen LogP contribution in [0.1, 0.15) is 19.5 Å². The van der Waals surface area contributed by atoms with Crippen molar-refractivity contribution in [2.75, 3.05) is 0 Å². The highest BCUT2D eigenvalue weighted by Crippen LogP contribution is 2.26. The lowest BCUT2D eigenvalue weighted by molar-refractivity contribution is -0.274. The van der Waals surface area contributed by atoms with Gasteiger partial charge in [-0.25, -0.2) is 4.98 Å². The summed E-state index contributed by atoms with van der Waals surface area (Å²) in [6.07, 6.45) is -3.08. The van der Waals surface area contributed by atoms with E-state index in [1.807, 2.05) is 6.07 Å². The van der Waals surface area contributed by atoms with Crippen LogP contribution in [0.15, 0.2) is 48.7 Å². The van der Waals surface area contributed by atoms with Gasteiger partial charge >= 0.3 is 6.36 Å². The van der Waals surface area contributed by atoms with Crippen molar-refractivity contribution in [2.45, 2.75) is 25.8 Å². The lowest BCUT2D eigenvalue weighted by atomic mass is 10.1. The third kappa shape index (κ3) is 5.91. The molecule has 0 spiro atoms. The molecule has 0 aliphatic rings. The van der Waals surface area contributed by atoms with Crippen LogP contribution in [0.25, 0.3) is 0 Å². The van der Waals surface area contributed by atoms with Crippen molar-refractivity contribution < 1.29 is 22.6 Å². The van der Waals surface area contributed by atoms with Crippen molar-refractivity contribution in [3.05, 3.63) is 54.4 Å². The molecular formula is C17H14F3NO2. The molecule has 0 saturated carbocycles. The molecule has 6 heteroatoms. The highest BCUT2D eigenvalue weighted by atomic mass is 19.4. The van der Waals surface area contributed by atoms with Crippen LogP contribution in [0.5, 0.6) is 11.5 Å². The molecule has 2 rings (SSSR count). The highest BCUT2D eigenvalue weighted by molar-refractivity contribution is 5.34. The molecule has 0 N–H and O–H groups in total. The molecule has 0 radical (unpaired) electrons. The summed E-state index contributed by atoms with van der Waals surface area (Å²) in [5.74, 6) is 5.90. The molecule has 3 nitrogen and oxygen atoms in total. The summed E-state index contributed by atoms with van der Waals surface area (Å²) in [7, 11) is 0. The zero-order valence-electron chi connectivity index (χ0n) is 12.5. The summed E-state index contributed by atoms with van der Waals surface area (Å²) in [6.45, 7) is 3.51. The maximum absolute atomic E-state index is 12.1. The quantitative estimate of drug-likeness (QED) is 0.794. The zero-order chi connectivity index (χ0) is 16.9. The third-order valence-electron chi connectivity index (χ3n) is 2.59. The normalized spacial score (nSPS) is 11.3. The Morgan fingerprint density at radius 2 is 1.52 bits per heavy atom. The fourth-order valence-corrected chi connectivity index (χ4v) is 1.68. The van der Waals surface area contributed by atoms with Crippen LogP contribution in [-0.2, 0) is 0 Å². The van der Waals surface area contributed by atoms with Crippen molar-refractivity contribution in [2.24, 2.45) is 0 Å². The standard InChI is InChI=1S/C17H14F3NO2/c1-16(2,11-10-13-5-3-4-12-21-13)22-14-6-8-15(9-7-14)23-17(18,19)20/h3-9,12H,1-2H3. The van der Waals surface area contributed by atoms with Crippen LogP contribution in [0.3, 0.4) is 0 Å². The number of hydrogen-bond acceptors (Lipinski definition) is 3. The van der Waals surface area contributed by atoms with Gasteiger partial charge in [-0.15, -0.1) is 13.2 Å². The number of alkyl halides is 3. The summed E-state index contributed by atoms with van der Waals surface area (Å²) in [5.41, 5.74) is -0.220. The van der Waals surface area contributed by atoms with E-state index in [0.29, 0.717) is 11.4 Å². The largest absolute Gasteiger partial charge is 0.573 e. The van der Waals surface area contributed by atoms with E-state index in [1.165, 1.54) is 24.3 Å². The number of nitrogens with zero attached hydrogens (tertiary/aromatic N) is 1. The van der Waals surface area contributed by atoms with Gasteiger partial charge in [-0.3, -0.25) is 0 Å². The average Bonchev–Trinajstić information content (AvgIpc) is 2.47. The fourth-order valence-electron chi connectivity index (χ4n) is 1.68. The number of hydrogen-bond donors (Lipinski definition) is 0. The number of pyridine rings is 1. The molecule has 1 aromatic carbocycles. The Morgan fingerprint density at radius 1 is 0.913 bits per heavy atom. The fraction of sp³-hybridized carbons (Fsp3) is 0.235. The molecule has 0 amide bonds. The minimum atomic E-state index is -4.71. The first kappa shape index (κ1) is 16.7. The van der Waals surface area contributed by atoms with E-state index in [4.69, 9.17) is 4.74 Å². The molecule has 0 unspecified atom stereocenters. The Hall–Kier alpha value is -2.68. The molecule has 23 heavy (non-hydrogen) atoms. The second-order valence-corrected chi connectivity index (χ2v) is 5.10. The zero-order valence-corrected chi connectivity index (χ0v) is 12.5. The van der Waals surface area contributed by atoms with Crippen molar-refractivity contribution in [1.82, 2.24) is 4.98 Å². The van der Waals surface area contributed by atoms with Gasteiger partial charge in [0.05, 0.1) is 0 Å². The first-order valence-corrected chi connectivity index (χ1v) is 6.73. The van der Waals surface area contributed by atoms with Crippen LogP contribution in [0, 0.1) is 11.8 Å². The highest BCUT2D eigenvalue weighted by Gasteiger charge is 2.31. The monoisotopic (exact) mass is 321 g/mol. The number of halogens is 3.